The Balaban J connectivity index is 2.69. The van der Waals surface area contributed by atoms with Gasteiger partial charge in [-0.2, -0.15) is 24.4 Å². The number of carboxylic acid groups (broad SMARTS) is 1. The average molecular weight is 407 g/mol. The molecule has 1 rings (SSSR count). The van der Waals surface area contributed by atoms with Gasteiger partial charge in [0.05, 0.1) is 6.04 Å². The van der Waals surface area contributed by atoms with Gasteiger partial charge < -0.3 is 26.4 Å². The van der Waals surface area contributed by atoms with Crippen LogP contribution in [0.3, 0.4) is 0 Å². The number of rotatable bonds is 10. The van der Waals surface area contributed by atoms with Crippen molar-refractivity contribution in [1.29, 1.82) is 0 Å². The van der Waals surface area contributed by atoms with Crippen molar-refractivity contribution < 1.29 is 24.3 Å². The van der Waals surface area contributed by atoms with E-state index in [1.807, 2.05) is 6.26 Å². The Hall–Kier alpha value is -1.46. The van der Waals surface area contributed by atoms with Crippen LogP contribution in [0.15, 0.2) is 0 Å². The number of carbonyl (C=O) groups is 4. The van der Waals surface area contributed by atoms with E-state index in [0.29, 0.717) is 25.8 Å². The Morgan fingerprint density at radius 1 is 1.38 bits per heavy atom. The molecule has 3 atom stereocenters. The van der Waals surface area contributed by atoms with Crippen LogP contribution in [0.25, 0.3) is 0 Å². The van der Waals surface area contributed by atoms with Gasteiger partial charge in [-0.3, -0.25) is 19.2 Å². The summed E-state index contributed by atoms with van der Waals surface area (Å²) in [6.07, 6.45) is 3.47. The van der Waals surface area contributed by atoms with Gasteiger partial charge >= 0.3 is 5.97 Å². The Morgan fingerprint density at radius 2 is 2.08 bits per heavy atom. The average Bonchev–Trinajstić information content (AvgIpc) is 3.10. The number of thioether (sulfide) groups is 1. The maximum Gasteiger partial charge on any atom is 0.322 e. The number of carboxylic acids is 1. The second-order valence-corrected chi connectivity index (χ2v) is 7.28. The largest absolute Gasteiger partial charge is 0.480 e. The first-order valence-corrected chi connectivity index (χ1v) is 10.3. The summed E-state index contributed by atoms with van der Waals surface area (Å²) in [4.78, 5) is 48.9. The highest BCUT2D eigenvalue weighted by Crippen LogP contribution is 2.19. The van der Waals surface area contributed by atoms with Crippen molar-refractivity contribution in [2.24, 2.45) is 5.73 Å². The van der Waals surface area contributed by atoms with Gasteiger partial charge in [-0.15, -0.1) is 0 Å². The van der Waals surface area contributed by atoms with Crippen molar-refractivity contribution >= 4 is 48.1 Å². The van der Waals surface area contributed by atoms with Crippen molar-refractivity contribution in [3.8, 4) is 0 Å². The smallest absolute Gasteiger partial charge is 0.322 e. The molecular formula is C15H26N4O5S2. The molecule has 0 aromatic carbocycles. The zero-order chi connectivity index (χ0) is 19.7. The molecule has 1 fully saturated rings. The first kappa shape index (κ1) is 22.6. The van der Waals surface area contributed by atoms with Gasteiger partial charge in [0.25, 0.3) is 0 Å². The lowest BCUT2D eigenvalue weighted by molar-refractivity contribution is -0.142. The van der Waals surface area contributed by atoms with Gasteiger partial charge in [0, 0.05) is 12.3 Å². The standard InChI is InChI=1S/C15H26N4O5S2/c1-26-6-4-9(16)13(22)18-10(8-25)15(24)19-5-2-3-11(19)14(23)17-7-12(20)21/h9-11,25H,2-8,16H2,1H3,(H,17,23)(H,18,22)(H,20,21). The number of thiol groups is 1. The topological polar surface area (TPSA) is 142 Å². The normalized spacial score (nSPS) is 18.9. The Bertz CT molecular complexity index is 534. The number of amides is 3. The van der Waals surface area contributed by atoms with Gasteiger partial charge in [-0.1, -0.05) is 0 Å². The lowest BCUT2D eigenvalue weighted by atomic mass is 10.1. The number of carbonyl (C=O) groups excluding carboxylic acids is 3. The van der Waals surface area contributed by atoms with E-state index in [4.69, 9.17) is 10.8 Å². The summed E-state index contributed by atoms with van der Waals surface area (Å²) in [6, 6.07) is -2.35. The predicted octanol–water partition coefficient (Wildman–Crippen LogP) is -1.33. The Morgan fingerprint density at radius 3 is 2.65 bits per heavy atom. The fourth-order valence-corrected chi connectivity index (χ4v) is 3.36. The van der Waals surface area contributed by atoms with Gasteiger partial charge in [0.15, 0.2) is 0 Å². The lowest BCUT2D eigenvalue weighted by Gasteiger charge is -2.28. The molecule has 11 heteroatoms. The Labute approximate surface area is 162 Å². The SMILES string of the molecule is CSCCC(N)C(=O)NC(CS)C(=O)N1CCCC1C(=O)NCC(=O)O. The summed E-state index contributed by atoms with van der Waals surface area (Å²) in [5.74, 6) is -1.73. The molecule has 0 spiro atoms. The minimum atomic E-state index is -1.16. The van der Waals surface area contributed by atoms with Crippen molar-refractivity contribution in [1.82, 2.24) is 15.5 Å². The van der Waals surface area contributed by atoms with E-state index in [0.717, 1.165) is 5.75 Å². The summed E-state index contributed by atoms with van der Waals surface area (Å²) in [6.45, 7) is -0.142. The minimum Gasteiger partial charge on any atom is -0.480 e. The summed E-state index contributed by atoms with van der Waals surface area (Å²) < 4.78 is 0. The van der Waals surface area contributed by atoms with Crippen LogP contribution in [0.4, 0.5) is 0 Å². The summed E-state index contributed by atoms with van der Waals surface area (Å²) in [5, 5.41) is 13.5. The molecular weight excluding hydrogens is 380 g/mol. The molecule has 0 saturated carbocycles. The van der Waals surface area contributed by atoms with Crippen LogP contribution >= 0.6 is 24.4 Å². The number of nitrogens with two attached hydrogens (primary N) is 1. The molecule has 3 amide bonds. The third-order valence-electron chi connectivity index (χ3n) is 4.02. The van der Waals surface area contributed by atoms with E-state index < -0.39 is 48.4 Å². The highest BCUT2D eigenvalue weighted by molar-refractivity contribution is 7.98. The molecule has 3 unspecified atom stereocenters. The molecule has 26 heavy (non-hydrogen) atoms. The summed E-state index contributed by atoms with van der Waals surface area (Å²) in [7, 11) is 0. The van der Waals surface area contributed by atoms with Crippen LogP contribution in [0.2, 0.25) is 0 Å². The number of aliphatic carboxylic acids is 1. The van der Waals surface area contributed by atoms with E-state index >= 15 is 0 Å². The molecule has 9 nitrogen and oxygen atoms in total. The second-order valence-electron chi connectivity index (χ2n) is 5.93. The first-order chi connectivity index (χ1) is 12.3. The molecule has 0 aliphatic carbocycles. The molecule has 148 valence electrons. The van der Waals surface area contributed by atoms with Gasteiger partial charge in [-0.05, 0) is 31.3 Å². The molecule has 1 aliphatic heterocycles. The Kier molecular flexibility index (Phi) is 9.81. The molecule has 1 aliphatic rings. The van der Waals surface area contributed by atoms with Crippen molar-refractivity contribution in [3.63, 3.8) is 0 Å². The third kappa shape index (κ3) is 6.69. The van der Waals surface area contributed by atoms with Gasteiger partial charge in [0.1, 0.15) is 18.6 Å². The zero-order valence-electron chi connectivity index (χ0n) is 14.6. The fraction of sp³-hybridized carbons (Fsp3) is 0.733. The number of nitrogens with one attached hydrogen (secondary N) is 2. The zero-order valence-corrected chi connectivity index (χ0v) is 16.4. The van der Waals surface area contributed by atoms with Crippen LogP contribution in [0, 0.1) is 0 Å². The van der Waals surface area contributed by atoms with Gasteiger partial charge in [-0.25, -0.2) is 0 Å². The number of nitrogens with zero attached hydrogens (tertiary/aromatic N) is 1. The van der Waals surface area contributed by atoms with Crippen LogP contribution in [-0.2, 0) is 19.2 Å². The highest BCUT2D eigenvalue weighted by atomic mass is 32.2. The van der Waals surface area contributed by atoms with Crippen molar-refractivity contribution in [2.75, 3.05) is 30.9 Å². The summed E-state index contributed by atoms with van der Waals surface area (Å²) >= 11 is 5.70. The molecule has 1 heterocycles. The molecule has 0 aromatic heterocycles. The van der Waals surface area contributed by atoms with Gasteiger partial charge in [0.2, 0.25) is 17.7 Å². The first-order valence-electron chi connectivity index (χ1n) is 8.27. The van der Waals surface area contributed by atoms with Crippen LogP contribution in [-0.4, -0.2) is 82.7 Å². The number of hydrogen-bond acceptors (Lipinski definition) is 7. The molecule has 0 radical (unpaired) electrons. The van der Waals surface area contributed by atoms with Crippen molar-refractivity contribution in [3.05, 3.63) is 0 Å². The van der Waals surface area contributed by atoms with Crippen molar-refractivity contribution in [2.45, 2.75) is 37.4 Å². The number of hydrogen-bond donors (Lipinski definition) is 5. The maximum absolute atomic E-state index is 12.7. The number of likely N-dealkylation sites (tertiary alicyclic amines) is 1. The van der Waals surface area contributed by atoms with E-state index in [2.05, 4.69) is 23.3 Å². The quantitative estimate of drug-likeness (QED) is 0.283. The van der Waals surface area contributed by atoms with E-state index in [9.17, 15) is 19.2 Å². The highest BCUT2D eigenvalue weighted by Gasteiger charge is 2.37. The minimum absolute atomic E-state index is 0.0692. The molecule has 0 aromatic rings. The van der Waals surface area contributed by atoms with Crippen LogP contribution < -0.4 is 16.4 Å². The summed E-state index contributed by atoms with van der Waals surface area (Å²) in [5.41, 5.74) is 5.81. The maximum atomic E-state index is 12.7. The lowest BCUT2D eigenvalue weighted by Crippen LogP contribution is -2.56. The third-order valence-corrected chi connectivity index (χ3v) is 5.03. The second kappa shape index (κ2) is 11.3. The van der Waals surface area contributed by atoms with E-state index in [1.54, 1.807) is 11.8 Å². The molecule has 1 saturated heterocycles. The van der Waals surface area contributed by atoms with E-state index in [-0.39, 0.29) is 5.75 Å². The van der Waals surface area contributed by atoms with E-state index in [1.165, 1.54) is 4.90 Å². The van der Waals surface area contributed by atoms with Crippen LogP contribution in [0.1, 0.15) is 19.3 Å². The van der Waals surface area contributed by atoms with Crippen LogP contribution in [0.5, 0.6) is 0 Å². The molecule has 5 N–H and O–H groups in total. The fourth-order valence-electron chi connectivity index (χ4n) is 2.62. The molecule has 0 bridgehead atoms. The predicted molar refractivity (Wildman–Crippen MR) is 102 cm³/mol. The monoisotopic (exact) mass is 406 g/mol.